The lowest BCUT2D eigenvalue weighted by Gasteiger charge is -2.12. The fourth-order valence-corrected chi connectivity index (χ4v) is 3.10. The lowest BCUT2D eigenvalue weighted by Crippen LogP contribution is -2.12. The van der Waals surface area contributed by atoms with E-state index in [-0.39, 0.29) is 11.7 Å². The third-order valence-corrected chi connectivity index (χ3v) is 3.96. The number of ether oxygens (including phenoxy) is 1. The molecule has 1 aromatic rings. The molecular formula is C14H15ClO2. The van der Waals surface area contributed by atoms with Crippen LogP contribution < -0.4 is 4.74 Å². The normalized spacial score (nSPS) is 19.1. The maximum absolute atomic E-state index is 12.4. The second-order valence-corrected chi connectivity index (χ2v) is 5.32. The molecule has 1 heterocycles. The summed E-state index contributed by atoms with van der Waals surface area (Å²) in [5.41, 5.74) is 1.79. The van der Waals surface area contributed by atoms with Crippen molar-refractivity contribution in [3.8, 4) is 5.75 Å². The molecule has 17 heavy (non-hydrogen) atoms. The molecule has 0 aromatic heterocycles. The molecule has 0 amide bonds. The average Bonchev–Trinajstić information content (AvgIpc) is 2.97. The zero-order chi connectivity index (χ0) is 11.8. The Hall–Kier alpha value is -1.02. The molecule has 1 aromatic carbocycles. The number of hydrogen-bond donors (Lipinski definition) is 0. The maximum Gasteiger partial charge on any atom is 0.169 e. The molecule has 0 N–H and O–H groups in total. The minimum Gasteiger partial charge on any atom is -0.492 e. The fourth-order valence-electron chi connectivity index (χ4n) is 2.86. The van der Waals surface area contributed by atoms with E-state index in [1.54, 1.807) is 6.07 Å². The van der Waals surface area contributed by atoms with Crippen LogP contribution in [-0.4, -0.2) is 12.4 Å². The molecule has 0 spiro atoms. The van der Waals surface area contributed by atoms with Gasteiger partial charge in [0, 0.05) is 17.4 Å². The molecule has 1 saturated carbocycles. The van der Waals surface area contributed by atoms with Gasteiger partial charge in [0.2, 0.25) is 0 Å². The Morgan fingerprint density at radius 1 is 1.29 bits per heavy atom. The van der Waals surface area contributed by atoms with E-state index < -0.39 is 0 Å². The van der Waals surface area contributed by atoms with Gasteiger partial charge in [-0.1, -0.05) is 24.4 Å². The van der Waals surface area contributed by atoms with Gasteiger partial charge < -0.3 is 4.74 Å². The van der Waals surface area contributed by atoms with Crippen LogP contribution in [0.2, 0.25) is 5.02 Å². The van der Waals surface area contributed by atoms with Gasteiger partial charge in [0.15, 0.2) is 5.78 Å². The highest BCUT2D eigenvalue weighted by Gasteiger charge is 2.29. The van der Waals surface area contributed by atoms with Crippen molar-refractivity contribution in [2.75, 3.05) is 6.61 Å². The summed E-state index contributed by atoms with van der Waals surface area (Å²) in [4.78, 5) is 12.4. The Morgan fingerprint density at radius 3 is 2.82 bits per heavy atom. The number of fused-ring (bicyclic) bond motifs is 1. The summed E-state index contributed by atoms with van der Waals surface area (Å²) in [7, 11) is 0. The smallest absolute Gasteiger partial charge is 0.169 e. The Morgan fingerprint density at radius 2 is 2.06 bits per heavy atom. The number of halogens is 1. The van der Waals surface area contributed by atoms with Crippen LogP contribution >= 0.6 is 11.6 Å². The third-order valence-electron chi connectivity index (χ3n) is 3.74. The molecule has 2 aliphatic rings. The van der Waals surface area contributed by atoms with Crippen LogP contribution in [0, 0.1) is 5.92 Å². The number of rotatable bonds is 2. The molecular weight excluding hydrogens is 236 g/mol. The Balaban J connectivity index is 1.99. The quantitative estimate of drug-likeness (QED) is 0.749. The van der Waals surface area contributed by atoms with Gasteiger partial charge in [0.05, 0.1) is 12.2 Å². The number of Topliss-reactive ketones (excluding diaryl/α,β-unsaturated/α-hetero) is 1. The highest BCUT2D eigenvalue weighted by Crippen LogP contribution is 2.37. The highest BCUT2D eigenvalue weighted by atomic mass is 35.5. The summed E-state index contributed by atoms with van der Waals surface area (Å²) in [6.07, 6.45) is 5.22. The van der Waals surface area contributed by atoms with E-state index in [1.807, 2.05) is 6.07 Å². The molecule has 0 unspecified atom stereocenters. The summed E-state index contributed by atoms with van der Waals surface area (Å²) < 4.78 is 5.59. The minimum absolute atomic E-state index is 0.182. The zero-order valence-corrected chi connectivity index (χ0v) is 10.4. The molecule has 0 saturated heterocycles. The van der Waals surface area contributed by atoms with Crippen LogP contribution in [0.25, 0.3) is 0 Å². The molecule has 1 aliphatic carbocycles. The molecule has 2 nitrogen and oxygen atoms in total. The molecule has 0 atom stereocenters. The van der Waals surface area contributed by atoms with E-state index >= 15 is 0 Å². The van der Waals surface area contributed by atoms with Crippen molar-refractivity contribution < 1.29 is 9.53 Å². The van der Waals surface area contributed by atoms with Crippen molar-refractivity contribution in [1.82, 2.24) is 0 Å². The van der Waals surface area contributed by atoms with Gasteiger partial charge in [-0.2, -0.15) is 0 Å². The molecule has 0 bridgehead atoms. The van der Waals surface area contributed by atoms with Gasteiger partial charge >= 0.3 is 0 Å². The van der Waals surface area contributed by atoms with Gasteiger partial charge in [0.1, 0.15) is 5.75 Å². The Kier molecular flexibility index (Phi) is 2.83. The molecule has 3 rings (SSSR count). The van der Waals surface area contributed by atoms with Crippen molar-refractivity contribution in [2.45, 2.75) is 32.1 Å². The van der Waals surface area contributed by atoms with Gasteiger partial charge in [-0.05, 0) is 30.5 Å². The first-order valence-corrected chi connectivity index (χ1v) is 6.63. The van der Waals surface area contributed by atoms with Crippen LogP contribution in [0.4, 0.5) is 0 Å². The summed E-state index contributed by atoms with van der Waals surface area (Å²) >= 11 is 6.07. The van der Waals surface area contributed by atoms with E-state index in [0.717, 1.165) is 30.6 Å². The van der Waals surface area contributed by atoms with Crippen molar-refractivity contribution in [2.24, 2.45) is 5.92 Å². The molecule has 90 valence electrons. The first-order chi connectivity index (χ1) is 8.25. The Bertz CT molecular complexity index is 462. The van der Waals surface area contributed by atoms with Crippen LogP contribution in [0.5, 0.6) is 5.75 Å². The number of hydrogen-bond acceptors (Lipinski definition) is 2. The average molecular weight is 251 g/mol. The SMILES string of the molecule is O=C(c1cc(Cl)cc2c1OCC2)C1CCCC1. The predicted octanol–water partition coefficient (Wildman–Crippen LogP) is 3.65. The minimum atomic E-state index is 0.182. The fraction of sp³-hybridized carbons (Fsp3) is 0.500. The summed E-state index contributed by atoms with van der Waals surface area (Å²) in [6.45, 7) is 0.667. The van der Waals surface area contributed by atoms with Crippen LogP contribution in [0.3, 0.4) is 0 Å². The van der Waals surface area contributed by atoms with E-state index in [0.29, 0.717) is 17.2 Å². The molecule has 3 heteroatoms. The molecule has 0 radical (unpaired) electrons. The van der Waals surface area contributed by atoms with E-state index in [1.165, 1.54) is 12.8 Å². The molecule has 1 aliphatic heterocycles. The van der Waals surface area contributed by atoms with Crippen LogP contribution in [0.15, 0.2) is 12.1 Å². The van der Waals surface area contributed by atoms with E-state index in [2.05, 4.69) is 0 Å². The topological polar surface area (TPSA) is 26.3 Å². The van der Waals surface area contributed by atoms with Crippen molar-refractivity contribution >= 4 is 17.4 Å². The zero-order valence-electron chi connectivity index (χ0n) is 9.67. The summed E-state index contributed by atoms with van der Waals surface area (Å²) in [5, 5.41) is 0.649. The third kappa shape index (κ3) is 1.95. The standard InChI is InChI=1S/C14H15ClO2/c15-11-7-10-5-6-17-14(10)12(8-11)13(16)9-3-1-2-4-9/h7-9H,1-6H2. The predicted molar refractivity (Wildman–Crippen MR) is 66.9 cm³/mol. The van der Waals surface area contributed by atoms with Crippen molar-refractivity contribution in [1.29, 1.82) is 0 Å². The first kappa shape index (κ1) is 11.1. The van der Waals surface area contributed by atoms with Gasteiger partial charge in [0.25, 0.3) is 0 Å². The van der Waals surface area contributed by atoms with Crippen LogP contribution in [0.1, 0.15) is 41.6 Å². The van der Waals surface area contributed by atoms with Gasteiger partial charge in [-0.25, -0.2) is 0 Å². The van der Waals surface area contributed by atoms with Crippen LogP contribution in [-0.2, 0) is 6.42 Å². The van der Waals surface area contributed by atoms with Crippen molar-refractivity contribution in [3.05, 3.63) is 28.3 Å². The Labute approximate surface area is 106 Å². The lowest BCUT2D eigenvalue weighted by molar-refractivity contribution is 0.0919. The second-order valence-electron chi connectivity index (χ2n) is 4.89. The van der Waals surface area contributed by atoms with Gasteiger partial charge in [-0.15, -0.1) is 0 Å². The monoisotopic (exact) mass is 250 g/mol. The number of carbonyl (C=O) groups is 1. The summed E-state index contributed by atoms with van der Waals surface area (Å²) in [5.74, 6) is 1.19. The number of ketones is 1. The van der Waals surface area contributed by atoms with E-state index in [4.69, 9.17) is 16.3 Å². The second kappa shape index (κ2) is 4.34. The number of carbonyl (C=O) groups excluding carboxylic acids is 1. The summed E-state index contributed by atoms with van der Waals surface area (Å²) in [6, 6.07) is 3.68. The number of benzene rings is 1. The largest absolute Gasteiger partial charge is 0.492 e. The lowest BCUT2D eigenvalue weighted by atomic mass is 9.94. The molecule has 1 fully saturated rings. The van der Waals surface area contributed by atoms with E-state index in [9.17, 15) is 4.79 Å². The first-order valence-electron chi connectivity index (χ1n) is 6.25. The van der Waals surface area contributed by atoms with Crippen molar-refractivity contribution in [3.63, 3.8) is 0 Å². The maximum atomic E-state index is 12.4. The van der Waals surface area contributed by atoms with Gasteiger partial charge in [-0.3, -0.25) is 4.79 Å². The highest BCUT2D eigenvalue weighted by molar-refractivity contribution is 6.31.